The molecule has 2 aromatic heterocycles. The van der Waals surface area contributed by atoms with Crippen LogP contribution in [0.4, 0.5) is 5.69 Å². The quantitative estimate of drug-likeness (QED) is 0.472. The van der Waals surface area contributed by atoms with E-state index in [4.69, 9.17) is 4.74 Å². The lowest BCUT2D eigenvalue weighted by atomic mass is 10.2. The van der Waals surface area contributed by atoms with E-state index in [1.54, 1.807) is 24.1 Å². The summed E-state index contributed by atoms with van der Waals surface area (Å²) in [5.41, 5.74) is 0.846. The molecule has 172 valence electrons. The summed E-state index contributed by atoms with van der Waals surface area (Å²) in [6.45, 7) is 0.158. The molecule has 1 unspecified atom stereocenters. The van der Waals surface area contributed by atoms with Crippen LogP contribution in [0, 0.1) is 0 Å². The first-order chi connectivity index (χ1) is 16.5. The van der Waals surface area contributed by atoms with Gasteiger partial charge in [-0.3, -0.25) is 23.6 Å². The molecule has 0 saturated carbocycles. The fourth-order valence-electron chi connectivity index (χ4n) is 3.98. The zero-order valence-corrected chi connectivity index (χ0v) is 18.4. The molecule has 2 aromatic carbocycles. The second-order valence-corrected chi connectivity index (χ2v) is 8.07. The Balaban J connectivity index is 1.21. The minimum absolute atomic E-state index is 0.0855. The molecule has 1 saturated heterocycles. The van der Waals surface area contributed by atoms with E-state index in [1.165, 1.54) is 21.8 Å². The van der Waals surface area contributed by atoms with Gasteiger partial charge in [-0.2, -0.15) is 5.10 Å². The fraction of sp³-hybridized carbons (Fsp3) is 0.208. The van der Waals surface area contributed by atoms with Crippen LogP contribution < -0.4 is 20.5 Å². The van der Waals surface area contributed by atoms with Crippen LogP contribution in [-0.4, -0.2) is 43.7 Å². The van der Waals surface area contributed by atoms with Crippen molar-refractivity contribution in [2.45, 2.75) is 19.0 Å². The number of aromatic nitrogens is 4. The summed E-state index contributed by atoms with van der Waals surface area (Å²) in [7, 11) is 1.69. The fourth-order valence-corrected chi connectivity index (χ4v) is 3.98. The predicted molar refractivity (Wildman–Crippen MR) is 125 cm³/mol. The summed E-state index contributed by atoms with van der Waals surface area (Å²) in [5, 5.41) is 7.22. The monoisotopic (exact) mass is 458 g/mol. The molecule has 1 N–H and O–H groups in total. The molecule has 10 heteroatoms. The SMILES string of the molecule is Cn1ncc2c(=O)n(CC(=O)NC3CC(=O)N(c4ccc(Oc5ccccc5)cc4)C3)cnc21. The summed E-state index contributed by atoms with van der Waals surface area (Å²) in [4.78, 5) is 43.5. The van der Waals surface area contributed by atoms with Gasteiger partial charge >= 0.3 is 0 Å². The maximum absolute atomic E-state index is 12.6. The van der Waals surface area contributed by atoms with Crippen molar-refractivity contribution >= 4 is 28.5 Å². The highest BCUT2D eigenvalue weighted by atomic mass is 16.5. The molecule has 0 radical (unpaired) electrons. The van der Waals surface area contributed by atoms with Crippen LogP contribution in [0.3, 0.4) is 0 Å². The summed E-state index contributed by atoms with van der Waals surface area (Å²) in [6.07, 6.45) is 2.95. The number of para-hydroxylation sites is 1. The first kappa shape index (κ1) is 21.4. The average molecular weight is 458 g/mol. The van der Waals surface area contributed by atoms with E-state index in [1.807, 2.05) is 42.5 Å². The molecule has 0 spiro atoms. The first-order valence-corrected chi connectivity index (χ1v) is 10.8. The Hall–Kier alpha value is -4.47. The first-order valence-electron chi connectivity index (χ1n) is 10.8. The molecule has 1 atom stereocenters. The number of rotatable bonds is 6. The van der Waals surface area contributed by atoms with E-state index >= 15 is 0 Å². The summed E-state index contributed by atoms with van der Waals surface area (Å²) < 4.78 is 8.53. The number of ether oxygens (including phenoxy) is 1. The minimum Gasteiger partial charge on any atom is -0.457 e. The van der Waals surface area contributed by atoms with Gasteiger partial charge in [0.25, 0.3) is 5.56 Å². The number of anilines is 1. The lowest BCUT2D eigenvalue weighted by Gasteiger charge is -2.18. The van der Waals surface area contributed by atoms with Gasteiger partial charge in [0.1, 0.15) is 29.8 Å². The van der Waals surface area contributed by atoms with Crippen molar-refractivity contribution in [2.75, 3.05) is 11.4 Å². The zero-order chi connectivity index (χ0) is 23.7. The Morgan fingerprint density at radius 2 is 1.82 bits per heavy atom. The second-order valence-electron chi connectivity index (χ2n) is 8.07. The number of benzene rings is 2. The summed E-state index contributed by atoms with van der Waals surface area (Å²) in [6, 6.07) is 16.3. The molecule has 4 aromatic rings. The van der Waals surface area contributed by atoms with E-state index in [0.29, 0.717) is 23.3 Å². The number of carbonyl (C=O) groups excluding carboxylic acids is 2. The Labute approximate surface area is 194 Å². The number of nitrogens with one attached hydrogen (secondary N) is 1. The van der Waals surface area contributed by atoms with Crippen molar-refractivity contribution in [3.8, 4) is 11.5 Å². The topological polar surface area (TPSA) is 111 Å². The molecule has 10 nitrogen and oxygen atoms in total. The van der Waals surface area contributed by atoms with Crippen LogP contribution >= 0.6 is 0 Å². The van der Waals surface area contributed by atoms with Crippen LogP contribution in [0.1, 0.15) is 6.42 Å². The number of amides is 2. The third-order valence-corrected chi connectivity index (χ3v) is 5.65. The highest BCUT2D eigenvalue weighted by Gasteiger charge is 2.31. The van der Waals surface area contributed by atoms with Crippen molar-refractivity contribution in [2.24, 2.45) is 7.05 Å². The zero-order valence-electron chi connectivity index (χ0n) is 18.4. The maximum atomic E-state index is 12.6. The number of hydrogen-bond donors (Lipinski definition) is 1. The standard InChI is InChI=1S/C24H22N6O4/c1-28-23-20(12-26-28)24(33)29(15-25-23)14-21(31)27-16-11-22(32)30(13-16)17-7-9-19(10-8-17)34-18-5-3-2-4-6-18/h2-10,12,15-16H,11,13-14H2,1H3,(H,27,31). The molecule has 2 amide bonds. The molecule has 0 aliphatic carbocycles. The molecule has 1 aliphatic heterocycles. The van der Waals surface area contributed by atoms with Crippen molar-refractivity contribution in [1.82, 2.24) is 24.6 Å². The Kier molecular flexibility index (Phi) is 5.54. The second kappa shape index (κ2) is 8.81. The van der Waals surface area contributed by atoms with Gasteiger partial charge < -0.3 is 15.0 Å². The Morgan fingerprint density at radius 3 is 2.59 bits per heavy atom. The average Bonchev–Trinajstić information content (AvgIpc) is 3.39. The van der Waals surface area contributed by atoms with Crippen molar-refractivity contribution in [3.63, 3.8) is 0 Å². The van der Waals surface area contributed by atoms with Crippen molar-refractivity contribution in [3.05, 3.63) is 77.5 Å². The Morgan fingerprint density at radius 1 is 1.09 bits per heavy atom. The summed E-state index contributed by atoms with van der Waals surface area (Å²) >= 11 is 0. The van der Waals surface area contributed by atoms with Gasteiger partial charge in [0.15, 0.2) is 5.65 Å². The molecule has 3 heterocycles. The van der Waals surface area contributed by atoms with E-state index in [2.05, 4.69) is 15.4 Å². The number of nitrogens with zero attached hydrogens (tertiary/aromatic N) is 5. The number of fused-ring (bicyclic) bond motifs is 1. The third-order valence-electron chi connectivity index (χ3n) is 5.65. The highest BCUT2D eigenvalue weighted by molar-refractivity contribution is 5.97. The van der Waals surface area contributed by atoms with Crippen LogP contribution in [0.15, 0.2) is 71.9 Å². The van der Waals surface area contributed by atoms with Gasteiger partial charge in [-0.1, -0.05) is 18.2 Å². The molecule has 1 fully saturated rings. The number of hydrogen-bond acceptors (Lipinski definition) is 6. The van der Waals surface area contributed by atoms with E-state index < -0.39 is 0 Å². The Bertz CT molecular complexity index is 1410. The van der Waals surface area contributed by atoms with Crippen molar-refractivity contribution in [1.29, 1.82) is 0 Å². The summed E-state index contributed by atoms with van der Waals surface area (Å²) in [5.74, 6) is 0.944. The molecule has 0 bridgehead atoms. The third kappa shape index (κ3) is 4.25. The van der Waals surface area contributed by atoms with Crippen molar-refractivity contribution < 1.29 is 14.3 Å². The number of carbonyl (C=O) groups is 2. The minimum atomic E-state index is -0.363. The lowest BCUT2D eigenvalue weighted by molar-refractivity contribution is -0.122. The van der Waals surface area contributed by atoms with E-state index in [0.717, 1.165) is 11.4 Å². The van der Waals surface area contributed by atoms with Gasteiger partial charge in [-0.05, 0) is 36.4 Å². The molecule has 1 aliphatic rings. The van der Waals surface area contributed by atoms with Gasteiger partial charge in [-0.25, -0.2) is 4.98 Å². The predicted octanol–water partition coefficient (Wildman–Crippen LogP) is 1.84. The van der Waals surface area contributed by atoms with Gasteiger partial charge in [0, 0.05) is 25.7 Å². The van der Waals surface area contributed by atoms with Gasteiger partial charge in [-0.15, -0.1) is 0 Å². The maximum Gasteiger partial charge on any atom is 0.264 e. The smallest absolute Gasteiger partial charge is 0.264 e. The normalized spacial score (nSPS) is 15.6. The number of aryl methyl sites for hydroxylation is 1. The van der Waals surface area contributed by atoms with E-state index in [9.17, 15) is 14.4 Å². The molecule has 34 heavy (non-hydrogen) atoms. The van der Waals surface area contributed by atoms with Crippen LogP contribution in [0.2, 0.25) is 0 Å². The van der Waals surface area contributed by atoms with E-state index in [-0.39, 0.29) is 36.4 Å². The largest absolute Gasteiger partial charge is 0.457 e. The van der Waals surface area contributed by atoms with Crippen LogP contribution in [-0.2, 0) is 23.2 Å². The van der Waals surface area contributed by atoms with Crippen LogP contribution in [0.25, 0.3) is 11.0 Å². The van der Waals surface area contributed by atoms with Crippen LogP contribution in [0.5, 0.6) is 11.5 Å². The molecule has 5 rings (SSSR count). The van der Waals surface area contributed by atoms with Gasteiger partial charge in [0.2, 0.25) is 11.8 Å². The molecular formula is C24H22N6O4. The lowest BCUT2D eigenvalue weighted by Crippen LogP contribution is -2.40. The highest BCUT2D eigenvalue weighted by Crippen LogP contribution is 2.27. The van der Waals surface area contributed by atoms with Gasteiger partial charge in [0.05, 0.1) is 12.2 Å². The molecular weight excluding hydrogens is 436 g/mol.